The van der Waals surface area contributed by atoms with Crippen molar-refractivity contribution < 1.29 is 4.79 Å². The number of aromatic nitrogens is 3. The number of likely N-dealkylation sites (tertiary alicyclic amines) is 1. The van der Waals surface area contributed by atoms with Crippen LogP contribution in [-0.2, 0) is 19.4 Å². The molecule has 0 bridgehead atoms. The lowest BCUT2D eigenvalue weighted by Gasteiger charge is -2.35. The molecule has 0 saturated carbocycles. The van der Waals surface area contributed by atoms with Crippen molar-refractivity contribution in [1.82, 2.24) is 19.4 Å². The second kappa shape index (κ2) is 7.48. The van der Waals surface area contributed by atoms with Gasteiger partial charge in [0, 0.05) is 31.2 Å². The van der Waals surface area contributed by atoms with Gasteiger partial charge in [0.05, 0.1) is 17.9 Å². The highest BCUT2D eigenvalue weighted by molar-refractivity contribution is 5.89. The summed E-state index contributed by atoms with van der Waals surface area (Å²) in [4.78, 5) is 24.0. The van der Waals surface area contributed by atoms with Gasteiger partial charge in [0.2, 0.25) is 0 Å². The lowest BCUT2D eigenvalue weighted by molar-refractivity contribution is 0.157. The molecule has 2 aromatic heterocycles. The van der Waals surface area contributed by atoms with Crippen molar-refractivity contribution in [3.8, 4) is 0 Å². The summed E-state index contributed by atoms with van der Waals surface area (Å²) in [6.07, 6.45) is 13.3. The quantitative estimate of drug-likeness (QED) is 0.909. The summed E-state index contributed by atoms with van der Waals surface area (Å²) in [5.74, 6) is 0.992. The van der Waals surface area contributed by atoms with E-state index in [0.29, 0.717) is 0 Å². The average Bonchev–Trinajstić information content (AvgIpc) is 3.16. The monoisotopic (exact) mass is 353 g/mol. The van der Waals surface area contributed by atoms with Crippen molar-refractivity contribution >= 4 is 11.7 Å². The zero-order chi connectivity index (χ0) is 17.9. The number of pyridine rings is 1. The van der Waals surface area contributed by atoms with E-state index in [-0.39, 0.29) is 12.1 Å². The van der Waals surface area contributed by atoms with Gasteiger partial charge in [-0.15, -0.1) is 0 Å². The van der Waals surface area contributed by atoms with E-state index in [2.05, 4.69) is 32.8 Å². The second-order valence-corrected chi connectivity index (χ2v) is 7.24. The van der Waals surface area contributed by atoms with Crippen LogP contribution in [0.5, 0.6) is 0 Å². The predicted octanol–water partition coefficient (Wildman–Crippen LogP) is 3.94. The molecule has 3 heterocycles. The van der Waals surface area contributed by atoms with Crippen molar-refractivity contribution in [2.24, 2.45) is 0 Å². The molecule has 2 aromatic rings. The highest BCUT2D eigenvalue weighted by Gasteiger charge is 2.31. The lowest BCUT2D eigenvalue weighted by atomic mass is 9.96. The van der Waals surface area contributed by atoms with Gasteiger partial charge in [0.1, 0.15) is 5.82 Å². The number of carbonyl (C=O) groups is 1. The van der Waals surface area contributed by atoms with Gasteiger partial charge in [-0.25, -0.2) is 9.78 Å². The normalized spacial score (nSPS) is 19.9. The maximum absolute atomic E-state index is 13.0. The number of anilines is 1. The molecule has 0 aromatic carbocycles. The summed E-state index contributed by atoms with van der Waals surface area (Å²) in [6, 6.07) is 2.10. The Balaban J connectivity index is 1.52. The number of nitrogens with zero attached hydrogens (tertiary/aromatic N) is 4. The van der Waals surface area contributed by atoms with Crippen molar-refractivity contribution in [3.63, 3.8) is 0 Å². The summed E-state index contributed by atoms with van der Waals surface area (Å²) < 4.78 is 2.14. The van der Waals surface area contributed by atoms with Gasteiger partial charge in [0.15, 0.2) is 0 Å². The zero-order valence-electron chi connectivity index (χ0n) is 15.4. The third kappa shape index (κ3) is 3.32. The number of piperidine rings is 1. The molecule has 2 aliphatic rings. The van der Waals surface area contributed by atoms with Crippen molar-refractivity contribution in [3.05, 3.63) is 41.7 Å². The Morgan fingerprint density at radius 1 is 1.23 bits per heavy atom. The molecule has 0 unspecified atom stereocenters. The van der Waals surface area contributed by atoms with Crippen LogP contribution in [0.15, 0.2) is 24.7 Å². The van der Waals surface area contributed by atoms with Crippen molar-refractivity contribution in [1.29, 1.82) is 0 Å². The standard InChI is InChI=1S/C20H27N5O/c1-2-24-12-10-21-19(24)18-9-5-6-11-25(18)20(26)23-16-13-15-7-3-4-8-17(15)22-14-16/h10,12-14,18H,2-9,11H2,1H3,(H,23,26)/t18-/m0/s1. The van der Waals surface area contributed by atoms with Gasteiger partial charge in [-0.05, 0) is 63.5 Å². The van der Waals surface area contributed by atoms with Crippen LogP contribution in [0.3, 0.4) is 0 Å². The molecule has 1 fully saturated rings. The minimum atomic E-state index is -0.0436. The van der Waals surface area contributed by atoms with Gasteiger partial charge >= 0.3 is 6.03 Å². The van der Waals surface area contributed by atoms with Crippen LogP contribution < -0.4 is 5.32 Å². The summed E-state index contributed by atoms with van der Waals surface area (Å²) in [7, 11) is 0. The zero-order valence-corrected chi connectivity index (χ0v) is 15.4. The molecule has 1 saturated heterocycles. The number of rotatable bonds is 3. The molecule has 26 heavy (non-hydrogen) atoms. The lowest BCUT2D eigenvalue weighted by Crippen LogP contribution is -2.42. The summed E-state index contributed by atoms with van der Waals surface area (Å²) in [5.41, 5.74) is 3.28. The van der Waals surface area contributed by atoms with E-state index < -0.39 is 0 Å². The molecule has 6 nitrogen and oxygen atoms in total. The molecule has 4 rings (SSSR count). The number of carbonyl (C=O) groups excluding carboxylic acids is 1. The first kappa shape index (κ1) is 17.1. The number of urea groups is 1. The number of amides is 2. The first-order chi connectivity index (χ1) is 12.8. The maximum atomic E-state index is 13.0. The van der Waals surface area contributed by atoms with Crippen LogP contribution in [-0.4, -0.2) is 32.0 Å². The Hall–Kier alpha value is -2.37. The van der Waals surface area contributed by atoms with Gasteiger partial charge < -0.3 is 14.8 Å². The van der Waals surface area contributed by atoms with E-state index in [1.54, 1.807) is 6.20 Å². The van der Waals surface area contributed by atoms with Gasteiger partial charge in [0.25, 0.3) is 0 Å². The Kier molecular flexibility index (Phi) is 4.91. The number of imidazole rings is 1. The SMILES string of the molecule is CCn1ccnc1[C@@H]1CCCCN1C(=O)Nc1cnc2c(c1)CCCC2. The molecule has 0 spiro atoms. The fraction of sp³-hybridized carbons (Fsp3) is 0.550. The number of aryl methyl sites for hydroxylation is 3. The summed E-state index contributed by atoms with van der Waals surface area (Å²) in [6.45, 7) is 3.75. The minimum Gasteiger partial charge on any atom is -0.333 e. The van der Waals surface area contributed by atoms with Crippen LogP contribution in [0.2, 0.25) is 0 Å². The van der Waals surface area contributed by atoms with Crippen LogP contribution in [0, 0.1) is 0 Å². The van der Waals surface area contributed by atoms with E-state index in [1.165, 1.54) is 24.1 Å². The molecule has 1 N–H and O–H groups in total. The Morgan fingerprint density at radius 2 is 2.12 bits per heavy atom. The second-order valence-electron chi connectivity index (χ2n) is 7.24. The first-order valence-electron chi connectivity index (χ1n) is 9.82. The molecular weight excluding hydrogens is 326 g/mol. The van der Waals surface area contributed by atoms with Crippen LogP contribution in [0.25, 0.3) is 0 Å². The van der Waals surface area contributed by atoms with E-state index in [9.17, 15) is 4.79 Å². The number of hydrogen-bond donors (Lipinski definition) is 1. The van der Waals surface area contributed by atoms with Crippen LogP contribution >= 0.6 is 0 Å². The van der Waals surface area contributed by atoms with Crippen molar-refractivity contribution in [2.45, 2.75) is 64.5 Å². The molecule has 0 radical (unpaired) electrons. The molecule has 1 aliphatic heterocycles. The fourth-order valence-electron chi connectivity index (χ4n) is 4.18. The minimum absolute atomic E-state index is 0.0436. The Morgan fingerprint density at radius 3 is 3.00 bits per heavy atom. The number of fused-ring (bicyclic) bond motifs is 1. The van der Waals surface area contributed by atoms with E-state index in [4.69, 9.17) is 0 Å². The predicted molar refractivity (Wildman–Crippen MR) is 101 cm³/mol. The molecule has 1 aliphatic carbocycles. The topological polar surface area (TPSA) is 63.1 Å². The Labute approximate surface area is 154 Å². The molecular formula is C20H27N5O. The highest BCUT2D eigenvalue weighted by atomic mass is 16.2. The Bertz CT molecular complexity index is 784. The third-order valence-corrected chi connectivity index (χ3v) is 5.57. The average molecular weight is 353 g/mol. The largest absolute Gasteiger partial charge is 0.333 e. The molecule has 2 amide bonds. The van der Waals surface area contributed by atoms with Gasteiger partial charge in [-0.1, -0.05) is 0 Å². The van der Waals surface area contributed by atoms with Gasteiger partial charge in [-0.2, -0.15) is 0 Å². The van der Waals surface area contributed by atoms with E-state index in [0.717, 1.165) is 56.7 Å². The van der Waals surface area contributed by atoms with E-state index >= 15 is 0 Å². The smallest absolute Gasteiger partial charge is 0.322 e. The maximum Gasteiger partial charge on any atom is 0.322 e. The first-order valence-corrected chi connectivity index (χ1v) is 9.82. The molecule has 1 atom stereocenters. The third-order valence-electron chi connectivity index (χ3n) is 5.57. The molecule has 6 heteroatoms. The van der Waals surface area contributed by atoms with E-state index in [1.807, 2.05) is 17.3 Å². The van der Waals surface area contributed by atoms with Crippen LogP contribution in [0.4, 0.5) is 10.5 Å². The summed E-state index contributed by atoms with van der Waals surface area (Å²) in [5, 5.41) is 3.08. The van der Waals surface area contributed by atoms with Gasteiger partial charge in [-0.3, -0.25) is 4.98 Å². The van der Waals surface area contributed by atoms with Crippen LogP contribution in [0.1, 0.15) is 62.2 Å². The van der Waals surface area contributed by atoms with Crippen molar-refractivity contribution in [2.75, 3.05) is 11.9 Å². The molecule has 138 valence electrons. The summed E-state index contributed by atoms with van der Waals surface area (Å²) >= 11 is 0. The number of hydrogen-bond acceptors (Lipinski definition) is 3. The number of nitrogens with one attached hydrogen (secondary N) is 1. The fourth-order valence-corrected chi connectivity index (χ4v) is 4.18. The highest BCUT2D eigenvalue weighted by Crippen LogP contribution is 2.31.